The van der Waals surface area contributed by atoms with Crippen molar-refractivity contribution in [2.24, 2.45) is 0 Å². The van der Waals surface area contributed by atoms with E-state index in [4.69, 9.17) is 0 Å². The van der Waals surface area contributed by atoms with Gasteiger partial charge in [0, 0.05) is 28.8 Å². The van der Waals surface area contributed by atoms with Gasteiger partial charge in [-0.05, 0) is 126 Å². The normalized spacial score (nSPS) is 11.3. The predicted molar refractivity (Wildman–Crippen MR) is 233 cm³/mol. The lowest BCUT2D eigenvalue weighted by atomic mass is 9.84. The summed E-state index contributed by atoms with van der Waals surface area (Å²) in [4.78, 5) is 6.65. The topological polar surface area (TPSA) is 16.1 Å². The smallest absolute Gasteiger partial charge is 0.123 e. The van der Waals surface area contributed by atoms with Gasteiger partial charge in [0.15, 0.2) is 0 Å². The average molecular weight is 719 g/mol. The fourth-order valence-electron chi connectivity index (χ4n) is 8.16. The number of fused-ring (bicyclic) bond motifs is 3. The molecule has 0 aliphatic heterocycles. The number of halogens is 1. The minimum atomic E-state index is -0.264. The Hall–Kier alpha value is -7.36. The van der Waals surface area contributed by atoms with Gasteiger partial charge < -0.3 is 4.90 Å². The van der Waals surface area contributed by atoms with Crippen LogP contribution in [-0.2, 0) is 0 Å². The number of hydrogen-bond donors (Lipinski definition) is 0. The Morgan fingerprint density at radius 2 is 0.786 bits per heavy atom. The maximum Gasteiger partial charge on any atom is 0.123 e. The first kappa shape index (κ1) is 33.2. The van der Waals surface area contributed by atoms with Crippen LogP contribution in [0.15, 0.2) is 212 Å². The molecular weight excluding hydrogens is 684 g/mol. The molecule has 10 rings (SSSR count). The first-order valence-corrected chi connectivity index (χ1v) is 18.9. The monoisotopic (exact) mass is 718 g/mol. The van der Waals surface area contributed by atoms with E-state index in [-0.39, 0.29) is 5.82 Å². The minimum absolute atomic E-state index is 0.264. The average Bonchev–Trinajstić information content (AvgIpc) is 3.27. The zero-order valence-corrected chi connectivity index (χ0v) is 30.5. The third kappa shape index (κ3) is 5.96. The van der Waals surface area contributed by atoms with Crippen LogP contribution in [0.5, 0.6) is 0 Å². The Morgan fingerprint density at radius 3 is 1.36 bits per heavy atom. The second-order valence-corrected chi connectivity index (χ2v) is 14.1. The highest BCUT2D eigenvalue weighted by molar-refractivity contribution is 6.23. The molecule has 56 heavy (non-hydrogen) atoms. The van der Waals surface area contributed by atoms with Crippen LogP contribution in [-0.4, -0.2) is 4.98 Å². The molecule has 0 atom stereocenters. The molecular formula is C53H35FN2. The van der Waals surface area contributed by atoms with Gasteiger partial charge in [-0.3, -0.25) is 4.98 Å². The van der Waals surface area contributed by atoms with E-state index in [2.05, 4.69) is 174 Å². The van der Waals surface area contributed by atoms with Crippen molar-refractivity contribution in [3.63, 3.8) is 0 Å². The summed E-state index contributed by atoms with van der Waals surface area (Å²) in [5.74, 6) is -0.264. The predicted octanol–water partition coefficient (Wildman–Crippen LogP) is 14.8. The maximum absolute atomic E-state index is 14.0. The first-order valence-electron chi connectivity index (χ1n) is 18.9. The Labute approximate surface area is 325 Å². The molecule has 0 spiro atoms. The molecule has 10 aromatic rings. The maximum atomic E-state index is 14.0. The number of benzene rings is 9. The molecule has 3 heteroatoms. The second-order valence-electron chi connectivity index (χ2n) is 14.1. The van der Waals surface area contributed by atoms with Gasteiger partial charge in [0.25, 0.3) is 0 Å². The highest BCUT2D eigenvalue weighted by atomic mass is 19.1. The number of nitrogens with zero attached hydrogens (tertiary/aromatic N) is 2. The molecule has 9 aromatic carbocycles. The van der Waals surface area contributed by atoms with Crippen LogP contribution in [0.3, 0.4) is 0 Å². The highest BCUT2D eigenvalue weighted by Crippen LogP contribution is 2.45. The SMILES string of the molecule is Fc1ccc(N(c2ccc(-c3ccc(-c4c5ccccc5c(-c5cccc6ccccc56)c5ccccc45)cc3)cc2)c2ccc(-c3ccccn3)cc2)cc1. The van der Waals surface area contributed by atoms with Gasteiger partial charge in [0.2, 0.25) is 0 Å². The van der Waals surface area contributed by atoms with Crippen LogP contribution in [0.1, 0.15) is 0 Å². The Balaban J connectivity index is 1.02. The summed E-state index contributed by atoms with van der Waals surface area (Å²) in [7, 11) is 0. The van der Waals surface area contributed by atoms with Gasteiger partial charge in [0.05, 0.1) is 5.69 Å². The Kier molecular flexibility index (Phi) is 8.38. The van der Waals surface area contributed by atoms with Crippen molar-refractivity contribution >= 4 is 49.4 Å². The summed E-state index contributed by atoms with van der Waals surface area (Å²) < 4.78 is 14.0. The quantitative estimate of drug-likeness (QED) is 0.153. The molecule has 0 fully saturated rings. The van der Waals surface area contributed by atoms with E-state index in [1.165, 1.54) is 66.7 Å². The molecule has 1 aromatic heterocycles. The van der Waals surface area contributed by atoms with Crippen molar-refractivity contribution in [3.8, 4) is 44.6 Å². The molecule has 0 bridgehead atoms. The van der Waals surface area contributed by atoms with E-state index in [1.807, 2.05) is 30.3 Å². The minimum Gasteiger partial charge on any atom is -0.311 e. The number of aromatic nitrogens is 1. The summed E-state index contributed by atoms with van der Waals surface area (Å²) >= 11 is 0. The number of rotatable bonds is 7. The van der Waals surface area contributed by atoms with Crippen molar-refractivity contribution < 1.29 is 4.39 Å². The van der Waals surface area contributed by atoms with Crippen LogP contribution in [0.4, 0.5) is 21.5 Å². The number of anilines is 3. The van der Waals surface area contributed by atoms with Gasteiger partial charge in [-0.25, -0.2) is 4.39 Å². The summed E-state index contributed by atoms with van der Waals surface area (Å²) in [6.45, 7) is 0. The van der Waals surface area contributed by atoms with Crippen molar-refractivity contribution in [1.82, 2.24) is 4.98 Å². The largest absolute Gasteiger partial charge is 0.311 e. The molecule has 2 nitrogen and oxygen atoms in total. The zero-order chi connectivity index (χ0) is 37.4. The van der Waals surface area contributed by atoms with Gasteiger partial charge in [-0.15, -0.1) is 0 Å². The summed E-state index contributed by atoms with van der Waals surface area (Å²) in [6, 6.07) is 71.3. The fourth-order valence-corrected chi connectivity index (χ4v) is 8.16. The second kappa shape index (κ2) is 14.1. The van der Waals surface area contributed by atoms with Crippen molar-refractivity contribution in [1.29, 1.82) is 0 Å². The van der Waals surface area contributed by atoms with Crippen molar-refractivity contribution in [2.45, 2.75) is 0 Å². The fraction of sp³-hybridized carbons (Fsp3) is 0. The summed E-state index contributed by atoms with van der Waals surface area (Å²) in [5.41, 5.74) is 12.0. The van der Waals surface area contributed by atoms with Crippen LogP contribution in [0.2, 0.25) is 0 Å². The van der Waals surface area contributed by atoms with Gasteiger partial charge in [-0.1, -0.05) is 146 Å². The molecule has 0 N–H and O–H groups in total. The lowest BCUT2D eigenvalue weighted by Gasteiger charge is -2.26. The molecule has 0 aliphatic rings. The zero-order valence-electron chi connectivity index (χ0n) is 30.5. The summed E-state index contributed by atoms with van der Waals surface area (Å²) in [5, 5.41) is 7.46. The third-order valence-electron chi connectivity index (χ3n) is 10.8. The lowest BCUT2D eigenvalue weighted by Crippen LogP contribution is -2.09. The molecule has 0 radical (unpaired) electrons. The molecule has 0 aliphatic carbocycles. The number of pyridine rings is 1. The molecule has 0 saturated heterocycles. The van der Waals surface area contributed by atoms with E-state index in [0.717, 1.165) is 39.4 Å². The van der Waals surface area contributed by atoms with Crippen LogP contribution in [0.25, 0.3) is 77.0 Å². The van der Waals surface area contributed by atoms with Crippen molar-refractivity contribution in [2.75, 3.05) is 4.90 Å². The standard InChI is InChI=1S/C53H35FN2/c54-41-27-33-44(34-28-41)56(43-31-25-39(26-32-43)51-18-7-8-35-55-51)42-29-23-37(24-30-42)36-19-21-40(22-20-36)52-47-13-3-5-15-49(47)53(50-16-6-4-14-48(50)52)46-17-9-11-38-10-1-2-12-45(38)46/h1-35H. The van der Waals surface area contributed by atoms with Gasteiger partial charge in [0.1, 0.15) is 5.82 Å². The van der Waals surface area contributed by atoms with Gasteiger partial charge in [-0.2, -0.15) is 0 Å². The molecule has 1 heterocycles. The Morgan fingerprint density at radius 1 is 0.339 bits per heavy atom. The van der Waals surface area contributed by atoms with E-state index < -0.39 is 0 Å². The first-order chi connectivity index (χ1) is 27.7. The van der Waals surface area contributed by atoms with Crippen LogP contribution in [0, 0.1) is 5.82 Å². The van der Waals surface area contributed by atoms with Gasteiger partial charge >= 0.3 is 0 Å². The van der Waals surface area contributed by atoms with E-state index >= 15 is 0 Å². The van der Waals surface area contributed by atoms with E-state index in [1.54, 1.807) is 6.20 Å². The number of hydrogen-bond acceptors (Lipinski definition) is 2. The highest BCUT2D eigenvalue weighted by Gasteiger charge is 2.18. The van der Waals surface area contributed by atoms with Crippen LogP contribution < -0.4 is 4.90 Å². The van der Waals surface area contributed by atoms with Crippen molar-refractivity contribution in [3.05, 3.63) is 218 Å². The molecule has 0 amide bonds. The van der Waals surface area contributed by atoms with E-state index in [9.17, 15) is 4.39 Å². The molecule has 0 saturated carbocycles. The van der Waals surface area contributed by atoms with E-state index in [0.29, 0.717) is 0 Å². The summed E-state index contributed by atoms with van der Waals surface area (Å²) in [6.07, 6.45) is 1.80. The third-order valence-corrected chi connectivity index (χ3v) is 10.8. The van der Waals surface area contributed by atoms with Crippen LogP contribution >= 0.6 is 0 Å². The Bertz CT molecular complexity index is 2930. The molecule has 264 valence electrons. The molecule has 0 unspecified atom stereocenters. The lowest BCUT2D eigenvalue weighted by molar-refractivity contribution is 0.628.